The van der Waals surface area contributed by atoms with Gasteiger partial charge in [0.25, 0.3) is 0 Å². The van der Waals surface area contributed by atoms with Crippen molar-refractivity contribution in [2.45, 2.75) is 50.5 Å². The number of nitrogens with one attached hydrogen (secondary N) is 1. The largest absolute Gasteiger partial charge is 0.307 e. The molecule has 25 heavy (non-hydrogen) atoms. The van der Waals surface area contributed by atoms with Crippen LogP contribution in [-0.4, -0.2) is 11.8 Å². The average Bonchev–Trinajstić information content (AvgIpc) is 3.09. The van der Waals surface area contributed by atoms with E-state index in [1.54, 1.807) is 0 Å². The Morgan fingerprint density at radius 1 is 0.920 bits per heavy atom. The molecule has 2 aromatic carbocycles. The fourth-order valence-electron chi connectivity index (χ4n) is 3.97. The van der Waals surface area contributed by atoms with Crippen molar-refractivity contribution in [2.24, 2.45) is 5.10 Å². The van der Waals surface area contributed by atoms with Gasteiger partial charge in [-0.1, -0.05) is 86.0 Å². The summed E-state index contributed by atoms with van der Waals surface area (Å²) in [6.07, 6.45) is 12.0. The van der Waals surface area contributed by atoms with Crippen molar-refractivity contribution < 1.29 is 0 Å². The Hall–Kier alpha value is -2.35. The second kappa shape index (κ2) is 7.69. The Balaban J connectivity index is 1.55. The number of hydrazone groups is 1. The van der Waals surface area contributed by atoms with E-state index in [0.717, 1.165) is 12.1 Å². The smallest absolute Gasteiger partial charge is 0.0684 e. The molecule has 0 bridgehead atoms. The maximum Gasteiger partial charge on any atom is 0.0684 e. The zero-order chi connectivity index (χ0) is 16.9. The molecule has 2 aliphatic rings. The van der Waals surface area contributed by atoms with Crippen molar-refractivity contribution in [3.8, 4) is 0 Å². The van der Waals surface area contributed by atoms with Gasteiger partial charge >= 0.3 is 0 Å². The zero-order valence-corrected chi connectivity index (χ0v) is 14.7. The summed E-state index contributed by atoms with van der Waals surface area (Å²) in [5.41, 5.74) is 8.64. The van der Waals surface area contributed by atoms with Gasteiger partial charge in [0.1, 0.15) is 0 Å². The van der Waals surface area contributed by atoms with Crippen molar-refractivity contribution in [3.05, 3.63) is 77.4 Å². The number of benzene rings is 2. The predicted molar refractivity (Wildman–Crippen MR) is 106 cm³/mol. The van der Waals surface area contributed by atoms with Gasteiger partial charge in [-0.15, -0.1) is 0 Å². The number of hydrogen-bond acceptors (Lipinski definition) is 2. The molecule has 0 saturated heterocycles. The van der Waals surface area contributed by atoms with Crippen LogP contribution in [0.15, 0.2) is 65.8 Å². The third-order valence-corrected chi connectivity index (χ3v) is 5.41. The summed E-state index contributed by atoms with van der Waals surface area (Å²) in [5.74, 6) is 0.420. The molecule has 0 aliphatic heterocycles. The van der Waals surface area contributed by atoms with Gasteiger partial charge in [0.05, 0.1) is 5.71 Å². The fourth-order valence-corrected chi connectivity index (χ4v) is 3.97. The molecular formula is C23H26N2. The highest BCUT2D eigenvalue weighted by molar-refractivity contribution is 6.01. The molecule has 0 radical (unpaired) electrons. The maximum absolute atomic E-state index is 4.89. The first kappa shape index (κ1) is 16.1. The van der Waals surface area contributed by atoms with Crippen LogP contribution in [-0.2, 0) is 0 Å². The summed E-state index contributed by atoms with van der Waals surface area (Å²) < 4.78 is 0. The highest BCUT2D eigenvalue weighted by Crippen LogP contribution is 2.33. The fraction of sp³-hybridized carbons (Fsp3) is 0.348. The molecule has 0 heterocycles. The standard InChI is InChI=1S/C23H26N2/c1-3-10-19(11-4-1)23(25-24-21-12-5-2-6-13-21)17-20-16-15-18-9-7-8-14-22(18)20/h1,3-4,7-11,14-16,20-21,24H,2,5-6,12-13,17H2. The molecule has 0 amide bonds. The van der Waals surface area contributed by atoms with Crippen LogP contribution in [0.5, 0.6) is 0 Å². The predicted octanol–water partition coefficient (Wildman–Crippen LogP) is 5.51. The van der Waals surface area contributed by atoms with Gasteiger partial charge in [0, 0.05) is 18.4 Å². The summed E-state index contributed by atoms with van der Waals surface area (Å²) in [7, 11) is 0. The molecule has 2 aromatic rings. The molecule has 128 valence electrons. The summed E-state index contributed by atoms with van der Waals surface area (Å²) in [6.45, 7) is 0. The first-order valence-corrected chi connectivity index (χ1v) is 9.55. The summed E-state index contributed by atoms with van der Waals surface area (Å²) >= 11 is 0. The number of nitrogens with zero attached hydrogens (tertiary/aromatic N) is 1. The lowest BCUT2D eigenvalue weighted by Gasteiger charge is -2.22. The normalized spacial score (nSPS) is 20.5. The number of fused-ring (bicyclic) bond motifs is 1. The molecule has 1 N–H and O–H groups in total. The van der Waals surface area contributed by atoms with Crippen LogP contribution in [0.25, 0.3) is 6.08 Å². The second-order valence-corrected chi connectivity index (χ2v) is 7.19. The van der Waals surface area contributed by atoms with E-state index in [1.165, 1.54) is 48.8 Å². The minimum Gasteiger partial charge on any atom is -0.307 e. The Morgan fingerprint density at radius 3 is 2.52 bits per heavy atom. The van der Waals surface area contributed by atoms with E-state index in [1.807, 2.05) is 0 Å². The van der Waals surface area contributed by atoms with Crippen molar-refractivity contribution in [3.63, 3.8) is 0 Å². The van der Waals surface area contributed by atoms with E-state index in [9.17, 15) is 0 Å². The van der Waals surface area contributed by atoms with E-state index >= 15 is 0 Å². The van der Waals surface area contributed by atoms with Gasteiger partial charge in [0.15, 0.2) is 0 Å². The molecule has 2 aliphatic carbocycles. The number of hydrogen-bond donors (Lipinski definition) is 1. The van der Waals surface area contributed by atoms with E-state index in [2.05, 4.69) is 72.2 Å². The number of rotatable bonds is 5. The number of allylic oxidation sites excluding steroid dienone is 1. The van der Waals surface area contributed by atoms with Gasteiger partial charge in [-0.3, -0.25) is 0 Å². The SMILES string of the molecule is C1=CC(CC(=NNC2CCCCC2)c2ccccc2)c2ccccc21. The van der Waals surface area contributed by atoms with Crippen LogP contribution in [0, 0.1) is 0 Å². The van der Waals surface area contributed by atoms with E-state index < -0.39 is 0 Å². The van der Waals surface area contributed by atoms with Gasteiger partial charge in [-0.05, 0) is 29.5 Å². The molecule has 0 spiro atoms. The van der Waals surface area contributed by atoms with E-state index in [4.69, 9.17) is 5.10 Å². The molecule has 2 heteroatoms. The monoisotopic (exact) mass is 330 g/mol. The van der Waals surface area contributed by atoms with Crippen molar-refractivity contribution in [1.29, 1.82) is 0 Å². The quantitative estimate of drug-likeness (QED) is 0.567. The molecule has 1 atom stereocenters. The molecule has 1 saturated carbocycles. The van der Waals surface area contributed by atoms with Gasteiger partial charge in [0.2, 0.25) is 0 Å². The summed E-state index contributed by atoms with van der Waals surface area (Å²) in [5, 5.41) is 4.89. The highest BCUT2D eigenvalue weighted by atomic mass is 15.3. The first-order chi connectivity index (χ1) is 12.4. The third-order valence-electron chi connectivity index (χ3n) is 5.41. The van der Waals surface area contributed by atoms with Crippen molar-refractivity contribution >= 4 is 11.8 Å². The summed E-state index contributed by atoms with van der Waals surface area (Å²) in [4.78, 5) is 0. The minimum atomic E-state index is 0.420. The topological polar surface area (TPSA) is 24.4 Å². The Labute approximate surface area is 150 Å². The van der Waals surface area contributed by atoms with Crippen molar-refractivity contribution in [2.75, 3.05) is 0 Å². The zero-order valence-electron chi connectivity index (χ0n) is 14.7. The van der Waals surface area contributed by atoms with Gasteiger partial charge in [-0.2, -0.15) is 5.10 Å². The third kappa shape index (κ3) is 3.84. The first-order valence-electron chi connectivity index (χ1n) is 9.55. The Morgan fingerprint density at radius 2 is 1.68 bits per heavy atom. The van der Waals surface area contributed by atoms with Crippen LogP contribution in [0.1, 0.15) is 61.1 Å². The highest BCUT2D eigenvalue weighted by Gasteiger charge is 2.20. The van der Waals surface area contributed by atoms with Gasteiger partial charge < -0.3 is 5.43 Å². The van der Waals surface area contributed by atoms with Crippen LogP contribution < -0.4 is 5.43 Å². The summed E-state index contributed by atoms with van der Waals surface area (Å²) in [6, 6.07) is 19.9. The van der Waals surface area contributed by atoms with Gasteiger partial charge in [-0.25, -0.2) is 0 Å². The molecule has 0 aromatic heterocycles. The van der Waals surface area contributed by atoms with Crippen LogP contribution in [0.4, 0.5) is 0 Å². The lowest BCUT2D eigenvalue weighted by molar-refractivity contribution is 0.380. The molecule has 2 nitrogen and oxygen atoms in total. The molecule has 4 rings (SSSR count). The second-order valence-electron chi connectivity index (χ2n) is 7.19. The lowest BCUT2D eigenvalue weighted by Crippen LogP contribution is -2.28. The molecule has 1 unspecified atom stereocenters. The van der Waals surface area contributed by atoms with Crippen molar-refractivity contribution in [1.82, 2.24) is 5.43 Å². The van der Waals surface area contributed by atoms with Crippen LogP contribution in [0.3, 0.4) is 0 Å². The van der Waals surface area contributed by atoms with Crippen LogP contribution >= 0.6 is 0 Å². The molecule has 1 fully saturated rings. The Bertz CT molecular complexity index is 755. The van der Waals surface area contributed by atoms with E-state index in [0.29, 0.717) is 12.0 Å². The Kier molecular flexibility index (Phi) is 4.96. The van der Waals surface area contributed by atoms with E-state index in [-0.39, 0.29) is 0 Å². The lowest BCUT2D eigenvalue weighted by atomic mass is 9.92. The maximum atomic E-state index is 4.89. The average molecular weight is 330 g/mol. The minimum absolute atomic E-state index is 0.420. The molecular weight excluding hydrogens is 304 g/mol. The van der Waals surface area contributed by atoms with Crippen LogP contribution in [0.2, 0.25) is 0 Å².